The van der Waals surface area contributed by atoms with Gasteiger partial charge in [0.15, 0.2) is 0 Å². The van der Waals surface area contributed by atoms with Crippen LogP contribution in [0.3, 0.4) is 0 Å². The molecule has 2 aromatic rings. The smallest absolute Gasteiger partial charge is 0.242 e. The van der Waals surface area contributed by atoms with E-state index in [9.17, 15) is 9.59 Å². The molecule has 0 saturated heterocycles. The van der Waals surface area contributed by atoms with Gasteiger partial charge in [-0.15, -0.1) is 11.8 Å². The lowest BCUT2D eigenvalue weighted by molar-refractivity contribution is -0.138. The molecular formula is C24H31ClN2O2S. The fourth-order valence-corrected chi connectivity index (χ4v) is 4.19. The lowest BCUT2D eigenvalue weighted by Gasteiger charge is -2.31. The van der Waals surface area contributed by atoms with Gasteiger partial charge < -0.3 is 10.2 Å². The van der Waals surface area contributed by atoms with E-state index < -0.39 is 6.04 Å². The Balaban J connectivity index is 2.03. The topological polar surface area (TPSA) is 49.4 Å². The summed E-state index contributed by atoms with van der Waals surface area (Å²) in [5, 5.41) is 3.69. The third kappa shape index (κ3) is 8.04. The molecule has 6 heteroatoms. The van der Waals surface area contributed by atoms with Gasteiger partial charge in [-0.2, -0.15) is 0 Å². The Labute approximate surface area is 189 Å². The number of carbonyl (C=O) groups is 2. The highest BCUT2D eigenvalue weighted by Gasteiger charge is 2.27. The van der Waals surface area contributed by atoms with Crippen molar-refractivity contribution in [3.05, 3.63) is 70.7 Å². The van der Waals surface area contributed by atoms with Gasteiger partial charge in [-0.05, 0) is 51.3 Å². The molecule has 0 aromatic heterocycles. The zero-order chi connectivity index (χ0) is 22.1. The van der Waals surface area contributed by atoms with Crippen LogP contribution < -0.4 is 5.32 Å². The Hall–Kier alpha value is -1.98. The highest BCUT2D eigenvalue weighted by Crippen LogP contribution is 2.21. The molecule has 1 atom stereocenters. The second-order valence-electron chi connectivity index (χ2n) is 8.32. The van der Waals surface area contributed by atoms with E-state index in [0.29, 0.717) is 29.5 Å². The van der Waals surface area contributed by atoms with E-state index in [1.165, 1.54) is 11.8 Å². The number of hydrogen-bond acceptors (Lipinski definition) is 3. The van der Waals surface area contributed by atoms with Crippen molar-refractivity contribution in [3.63, 3.8) is 0 Å². The van der Waals surface area contributed by atoms with Crippen molar-refractivity contribution < 1.29 is 9.59 Å². The van der Waals surface area contributed by atoms with Gasteiger partial charge in [0, 0.05) is 22.9 Å². The number of thioether (sulfide) groups is 1. The van der Waals surface area contributed by atoms with E-state index in [2.05, 4.69) is 5.32 Å². The van der Waals surface area contributed by atoms with E-state index >= 15 is 0 Å². The molecule has 0 saturated carbocycles. The van der Waals surface area contributed by atoms with E-state index in [1.54, 1.807) is 11.8 Å². The summed E-state index contributed by atoms with van der Waals surface area (Å²) in [5.74, 6) is 0.771. The van der Waals surface area contributed by atoms with Gasteiger partial charge in [0.1, 0.15) is 6.04 Å². The molecule has 0 aliphatic carbocycles. The van der Waals surface area contributed by atoms with Crippen LogP contribution in [0, 0.1) is 0 Å². The van der Waals surface area contributed by atoms with Gasteiger partial charge in [-0.1, -0.05) is 60.1 Å². The summed E-state index contributed by atoms with van der Waals surface area (Å²) >= 11 is 7.73. The van der Waals surface area contributed by atoms with Crippen LogP contribution in [0.4, 0.5) is 0 Å². The molecule has 1 N–H and O–H groups in total. The van der Waals surface area contributed by atoms with Crippen LogP contribution in [0.25, 0.3) is 0 Å². The van der Waals surface area contributed by atoms with E-state index in [0.717, 1.165) is 11.1 Å². The number of nitrogens with one attached hydrogen (secondary N) is 1. The van der Waals surface area contributed by atoms with Gasteiger partial charge in [-0.3, -0.25) is 9.59 Å². The Kier molecular flexibility index (Phi) is 9.25. The minimum absolute atomic E-state index is 0.0421. The van der Waals surface area contributed by atoms with E-state index in [-0.39, 0.29) is 17.4 Å². The molecule has 2 aromatic carbocycles. The van der Waals surface area contributed by atoms with Crippen molar-refractivity contribution in [2.75, 3.05) is 12.3 Å². The highest BCUT2D eigenvalue weighted by atomic mass is 35.5. The van der Waals surface area contributed by atoms with Crippen LogP contribution in [-0.4, -0.2) is 40.6 Å². The minimum Gasteiger partial charge on any atom is -0.350 e. The molecule has 0 heterocycles. The number of rotatable bonds is 9. The van der Waals surface area contributed by atoms with Crippen LogP contribution >= 0.6 is 23.4 Å². The highest BCUT2D eigenvalue weighted by molar-refractivity contribution is 7.99. The van der Waals surface area contributed by atoms with Gasteiger partial charge in [0.25, 0.3) is 0 Å². The first-order chi connectivity index (χ1) is 14.2. The molecule has 0 spiro atoms. The summed E-state index contributed by atoms with van der Waals surface area (Å²) < 4.78 is 0. The van der Waals surface area contributed by atoms with Crippen molar-refractivity contribution in [2.45, 2.75) is 51.4 Å². The predicted octanol–water partition coefficient (Wildman–Crippen LogP) is 4.95. The molecule has 30 heavy (non-hydrogen) atoms. The zero-order valence-corrected chi connectivity index (χ0v) is 19.7. The Morgan fingerprint density at radius 3 is 2.33 bits per heavy atom. The van der Waals surface area contributed by atoms with Crippen LogP contribution in [0.15, 0.2) is 54.6 Å². The largest absolute Gasteiger partial charge is 0.350 e. The summed E-state index contributed by atoms with van der Waals surface area (Å²) in [6.45, 7) is 8.10. The lowest BCUT2D eigenvalue weighted by Crippen LogP contribution is -2.53. The third-order valence-electron chi connectivity index (χ3n) is 4.59. The zero-order valence-electron chi connectivity index (χ0n) is 18.2. The Bertz CT molecular complexity index is 837. The van der Waals surface area contributed by atoms with Crippen molar-refractivity contribution in [1.82, 2.24) is 10.2 Å². The minimum atomic E-state index is -0.540. The van der Waals surface area contributed by atoms with Crippen molar-refractivity contribution in [3.8, 4) is 0 Å². The molecule has 0 aliphatic rings. The molecule has 4 nitrogen and oxygen atoms in total. The molecule has 0 radical (unpaired) electrons. The number of halogens is 1. The second kappa shape index (κ2) is 11.4. The van der Waals surface area contributed by atoms with Crippen LogP contribution in [0.2, 0.25) is 5.02 Å². The number of benzene rings is 2. The number of nitrogens with zero attached hydrogens (tertiary/aromatic N) is 1. The molecule has 162 valence electrons. The molecule has 2 rings (SSSR count). The first-order valence-electron chi connectivity index (χ1n) is 10.1. The fraction of sp³-hybridized carbons (Fsp3) is 0.417. The Morgan fingerprint density at radius 2 is 1.70 bits per heavy atom. The average Bonchev–Trinajstić information content (AvgIpc) is 2.69. The van der Waals surface area contributed by atoms with Gasteiger partial charge in [0.2, 0.25) is 11.8 Å². The van der Waals surface area contributed by atoms with Crippen molar-refractivity contribution in [2.24, 2.45) is 0 Å². The molecular weight excluding hydrogens is 416 g/mol. The summed E-state index contributed by atoms with van der Waals surface area (Å²) in [4.78, 5) is 27.5. The van der Waals surface area contributed by atoms with Gasteiger partial charge in [0.05, 0.1) is 5.75 Å². The number of carbonyl (C=O) groups excluding carboxylic acids is 2. The normalized spacial score (nSPS) is 12.3. The molecule has 0 bridgehead atoms. The standard InChI is InChI=1S/C24H31ClN2O2S/c1-18(23(29)26-24(2,3)4)27(15-14-19-10-6-5-7-11-19)22(28)17-30-16-20-12-8-9-13-21(20)25/h5-13,18H,14-17H2,1-4H3,(H,26,29)/t18-/m0/s1. The van der Waals surface area contributed by atoms with Gasteiger partial charge in [-0.25, -0.2) is 0 Å². The van der Waals surface area contributed by atoms with E-state index in [1.807, 2.05) is 75.4 Å². The van der Waals surface area contributed by atoms with Crippen LogP contribution in [0.1, 0.15) is 38.8 Å². The fourth-order valence-electron chi connectivity index (χ4n) is 2.99. The quantitative estimate of drug-likeness (QED) is 0.593. The van der Waals surface area contributed by atoms with Gasteiger partial charge >= 0.3 is 0 Å². The maximum absolute atomic E-state index is 13.0. The van der Waals surface area contributed by atoms with Crippen molar-refractivity contribution >= 4 is 35.2 Å². The molecule has 0 aliphatic heterocycles. The summed E-state index contributed by atoms with van der Waals surface area (Å²) in [6.07, 6.45) is 0.703. The SMILES string of the molecule is C[C@@H](C(=O)NC(C)(C)C)N(CCc1ccccc1)C(=O)CSCc1ccccc1Cl. The molecule has 0 fully saturated rings. The summed E-state index contributed by atoms with van der Waals surface area (Å²) in [6, 6.07) is 17.1. The summed E-state index contributed by atoms with van der Waals surface area (Å²) in [5.41, 5.74) is 1.80. The lowest BCUT2D eigenvalue weighted by atomic mass is 10.1. The average molecular weight is 447 g/mol. The Morgan fingerprint density at radius 1 is 1.07 bits per heavy atom. The monoisotopic (exact) mass is 446 g/mol. The second-order valence-corrected chi connectivity index (χ2v) is 9.71. The van der Waals surface area contributed by atoms with Crippen molar-refractivity contribution in [1.29, 1.82) is 0 Å². The van der Waals surface area contributed by atoms with Crippen LogP contribution in [0.5, 0.6) is 0 Å². The molecule has 0 unspecified atom stereocenters. The third-order valence-corrected chi connectivity index (χ3v) is 5.93. The maximum atomic E-state index is 13.0. The maximum Gasteiger partial charge on any atom is 0.242 e. The van der Waals surface area contributed by atoms with E-state index in [4.69, 9.17) is 11.6 Å². The number of amides is 2. The van der Waals surface area contributed by atoms with Crippen LogP contribution in [-0.2, 0) is 21.8 Å². The summed E-state index contributed by atoms with van der Waals surface area (Å²) in [7, 11) is 0. The first kappa shape index (κ1) is 24.3. The predicted molar refractivity (Wildman–Crippen MR) is 127 cm³/mol. The number of hydrogen-bond donors (Lipinski definition) is 1. The first-order valence-corrected chi connectivity index (χ1v) is 11.7. The molecule has 2 amide bonds.